The summed E-state index contributed by atoms with van der Waals surface area (Å²) in [7, 11) is -2.01. The molecule has 7 nitrogen and oxygen atoms in total. The zero-order valence-corrected chi connectivity index (χ0v) is 13.7. The third-order valence-corrected chi connectivity index (χ3v) is 4.72. The Bertz CT molecular complexity index is 928. The number of anilines is 2. The van der Waals surface area contributed by atoms with Gasteiger partial charge in [-0.25, -0.2) is 13.4 Å². The van der Waals surface area contributed by atoms with Crippen LogP contribution in [-0.2, 0) is 9.84 Å². The molecule has 0 aliphatic carbocycles. The highest BCUT2D eigenvalue weighted by molar-refractivity contribution is 7.90. The highest BCUT2D eigenvalue weighted by Crippen LogP contribution is 2.48. The Morgan fingerprint density at radius 2 is 2.09 bits per heavy atom. The van der Waals surface area contributed by atoms with Gasteiger partial charge in [0.25, 0.3) is 5.91 Å². The number of pyridine rings is 1. The summed E-state index contributed by atoms with van der Waals surface area (Å²) in [5.41, 5.74) is 0.726. The molecule has 1 aliphatic heterocycles. The molecule has 0 unspecified atom stereocenters. The summed E-state index contributed by atoms with van der Waals surface area (Å²) in [6.45, 7) is 0. The number of benzene rings is 1. The van der Waals surface area contributed by atoms with Gasteiger partial charge in [0, 0.05) is 19.5 Å². The second-order valence-corrected chi connectivity index (χ2v) is 7.22. The van der Waals surface area contributed by atoms with Gasteiger partial charge in [-0.05, 0) is 12.1 Å². The van der Waals surface area contributed by atoms with Crippen molar-refractivity contribution in [2.45, 2.75) is 4.90 Å². The topological polar surface area (TPSA) is 97.4 Å². The molecule has 2 aromatic rings. The lowest BCUT2D eigenvalue weighted by atomic mass is 10.1. The Morgan fingerprint density at radius 1 is 1.35 bits per heavy atom. The summed E-state index contributed by atoms with van der Waals surface area (Å²) in [5.74, 6) is 0.0610. The van der Waals surface area contributed by atoms with E-state index in [1.807, 2.05) is 0 Å². The number of aromatic nitrogens is 1. The fourth-order valence-electron chi connectivity index (χ4n) is 2.26. The predicted molar refractivity (Wildman–Crippen MR) is 85.5 cm³/mol. The molecule has 0 bridgehead atoms. The normalized spacial score (nSPS) is 12.5. The molecule has 1 aromatic carbocycles. The highest BCUT2D eigenvalue weighted by Gasteiger charge is 2.29. The number of hydrogen-bond acceptors (Lipinski definition) is 6. The first-order valence-corrected chi connectivity index (χ1v) is 8.78. The number of hydrogen-bond donors (Lipinski definition) is 2. The molecular formula is C14H12ClN3O4S. The van der Waals surface area contributed by atoms with E-state index in [-0.39, 0.29) is 38.5 Å². The fraction of sp³-hybridized carbons (Fsp3) is 0.143. The summed E-state index contributed by atoms with van der Waals surface area (Å²) >= 11 is 6.03. The van der Waals surface area contributed by atoms with E-state index in [1.165, 1.54) is 19.3 Å². The number of para-hydroxylation sites is 1. The number of rotatable bonds is 2. The van der Waals surface area contributed by atoms with Gasteiger partial charge >= 0.3 is 0 Å². The van der Waals surface area contributed by atoms with Crippen LogP contribution in [0.15, 0.2) is 29.3 Å². The number of carbonyl (C=O) groups excluding carboxylic acids is 1. The maximum absolute atomic E-state index is 12.0. The van der Waals surface area contributed by atoms with E-state index in [2.05, 4.69) is 15.6 Å². The van der Waals surface area contributed by atoms with Crippen LogP contribution in [0.5, 0.6) is 11.5 Å². The van der Waals surface area contributed by atoms with Gasteiger partial charge in [0.05, 0.1) is 16.1 Å². The summed E-state index contributed by atoms with van der Waals surface area (Å²) in [6, 6.07) is 4.62. The molecule has 2 heterocycles. The van der Waals surface area contributed by atoms with Gasteiger partial charge in [0.15, 0.2) is 26.5 Å². The minimum atomic E-state index is -3.49. The van der Waals surface area contributed by atoms with E-state index < -0.39 is 15.7 Å². The fourth-order valence-corrected chi connectivity index (χ4v) is 3.29. The minimum Gasteiger partial charge on any atom is -0.450 e. The van der Waals surface area contributed by atoms with Crippen LogP contribution in [0.1, 0.15) is 10.4 Å². The number of fused-ring (bicyclic) bond motifs is 2. The Labute approximate surface area is 137 Å². The Balaban J connectivity index is 2.23. The Morgan fingerprint density at radius 3 is 2.74 bits per heavy atom. The van der Waals surface area contributed by atoms with Crippen molar-refractivity contribution >= 4 is 38.7 Å². The summed E-state index contributed by atoms with van der Waals surface area (Å²) in [6.07, 6.45) is 2.39. The van der Waals surface area contributed by atoms with E-state index in [0.29, 0.717) is 0 Å². The van der Waals surface area contributed by atoms with Crippen LogP contribution in [-0.4, -0.2) is 32.6 Å². The minimum absolute atomic E-state index is 0.0653. The quantitative estimate of drug-likeness (QED) is 0.686. The SMILES string of the molecule is CNC(=O)c1cnc(Cl)c2c1Nc1c(cccc1S(C)(=O)=O)O2. The van der Waals surface area contributed by atoms with Crippen molar-refractivity contribution in [3.05, 3.63) is 35.1 Å². The second kappa shape index (κ2) is 5.39. The smallest absolute Gasteiger partial charge is 0.254 e. The van der Waals surface area contributed by atoms with Crippen molar-refractivity contribution in [1.29, 1.82) is 0 Å². The molecule has 0 fully saturated rings. The third kappa shape index (κ3) is 2.60. The standard InChI is InChI=1S/C14H12ClN3O4S/c1-16-14(19)7-6-17-13(15)12-10(7)18-11-8(22-12)4-3-5-9(11)23(2,20)21/h3-6,18H,1-2H3,(H,16,19). The number of carbonyl (C=O) groups is 1. The van der Waals surface area contributed by atoms with E-state index in [0.717, 1.165) is 6.26 Å². The predicted octanol–water partition coefficient (Wildman–Crippen LogP) is 2.35. The molecule has 0 spiro atoms. The summed E-state index contributed by atoms with van der Waals surface area (Å²) in [5, 5.41) is 5.50. The average molecular weight is 354 g/mol. The van der Waals surface area contributed by atoms with E-state index in [1.54, 1.807) is 12.1 Å². The van der Waals surface area contributed by atoms with E-state index >= 15 is 0 Å². The first-order valence-electron chi connectivity index (χ1n) is 6.51. The molecule has 1 aromatic heterocycles. The van der Waals surface area contributed by atoms with Crippen LogP contribution >= 0.6 is 11.6 Å². The molecular weight excluding hydrogens is 342 g/mol. The van der Waals surface area contributed by atoms with Crippen LogP contribution in [0.3, 0.4) is 0 Å². The lowest BCUT2D eigenvalue weighted by molar-refractivity contribution is 0.0963. The van der Waals surface area contributed by atoms with Crippen LogP contribution in [0.2, 0.25) is 5.15 Å². The van der Waals surface area contributed by atoms with E-state index in [9.17, 15) is 13.2 Å². The summed E-state index contributed by atoms with van der Waals surface area (Å²) < 4.78 is 29.6. The number of ether oxygens (including phenoxy) is 1. The largest absolute Gasteiger partial charge is 0.450 e. The first-order chi connectivity index (χ1) is 10.8. The molecule has 0 saturated carbocycles. The maximum Gasteiger partial charge on any atom is 0.254 e. The maximum atomic E-state index is 12.0. The van der Waals surface area contributed by atoms with Crippen molar-refractivity contribution < 1.29 is 17.9 Å². The molecule has 0 saturated heterocycles. The van der Waals surface area contributed by atoms with Gasteiger partial charge in [-0.1, -0.05) is 17.7 Å². The number of amides is 1. The monoisotopic (exact) mass is 353 g/mol. The molecule has 0 atom stereocenters. The highest BCUT2D eigenvalue weighted by atomic mass is 35.5. The average Bonchev–Trinajstić information content (AvgIpc) is 2.51. The zero-order valence-electron chi connectivity index (χ0n) is 12.2. The van der Waals surface area contributed by atoms with Crippen molar-refractivity contribution in [2.24, 2.45) is 0 Å². The number of sulfone groups is 1. The van der Waals surface area contributed by atoms with Crippen LogP contribution in [0.4, 0.5) is 11.4 Å². The molecule has 2 N–H and O–H groups in total. The molecule has 0 radical (unpaired) electrons. The lowest BCUT2D eigenvalue weighted by Crippen LogP contribution is -2.21. The van der Waals surface area contributed by atoms with Gasteiger partial charge < -0.3 is 15.4 Å². The molecule has 1 amide bonds. The number of nitrogens with zero attached hydrogens (tertiary/aromatic N) is 1. The van der Waals surface area contributed by atoms with Gasteiger partial charge in [-0.3, -0.25) is 4.79 Å². The molecule has 23 heavy (non-hydrogen) atoms. The van der Waals surface area contributed by atoms with Crippen molar-refractivity contribution in [1.82, 2.24) is 10.3 Å². The second-order valence-electron chi connectivity index (χ2n) is 4.87. The number of halogens is 1. The van der Waals surface area contributed by atoms with Crippen molar-refractivity contribution in [3.8, 4) is 11.5 Å². The molecule has 9 heteroatoms. The third-order valence-electron chi connectivity index (χ3n) is 3.31. The van der Waals surface area contributed by atoms with Crippen molar-refractivity contribution in [3.63, 3.8) is 0 Å². The number of nitrogens with one attached hydrogen (secondary N) is 2. The van der Waals surface area contributed by atoms with Crippen LogP contribution in [0, 0.1) is 0 Å². The molecule has 1 aliphatic rings. The van der Waals surface area contributed by atoms with Crippen LogP contribution < -0.4 is 15.4 Å². The molecule has 120 valence electrons. The van der Waals surface area contributed by atoms with Gasteiger partial charge in [-0.2, -0.15) is 0 Å². The zero-order chi connectivity index (χ0) is 16.8. The van der Waals surface area contributed by atoms with Gasteiger partial charge in [-0.15, -0.1) is 0 Å². The Hall–Kier alpha value is -2.32. The lowest BCUT2D eigenvalue weighted by Gasteiger charge is -2.25. The Kier molecular flexibility index (Phi) is 3.65. The van der Waals surface area contributed by atoms with Crippen molar-refractivity contribution in [2.75, 3.05) is 18.6 Å². The molecule has 3 rings (SSSR count). The van der Waals surface area contributed by atoms with Gasteiger partial charge in [0.2, 0.25) is 0 Å². The van der Waals surface area contributed by atoms with E-state index in [4.69, 9.17) is 16.3 Å². The van der Waals surface area contributed by atoms with Crippen LogP contribution in [0.25, 0.3) is 0 Å². The first kappa shape index (κ1) is 15.6. The van der Waals surface area contributed by atoms with Gasteiger partial charge in [0.1, 0.15) is 5.69 Å². The summed E-state index contributed by atoms with van der Waals surface area (Å²) in [4.78, 5) is 16.0.